The molecule has 0 amide bonds. The lowest BCUT2D eigenvalue weighted by atomic mass is 9.95. The first-order chi connectivity index (χ1) is 9.92. The molecule has 0 aromatic heterocycles. The molecule has 1 fully saturated rings. The Labute approximate surface area is 129 Å². The predicted octanol–water partition coefficient (Wildman–Crippen LogP) is 1.81. The van der Waals surface area contributed by atoms with E-state index >= 15 is 0 Å². The highest BCUT2D eigenvalue weighted by Crippen LogP contribution is 2.17. The van der Waals surface area contributed by atoms with Crippen molar-refractivity contribution in [2.24, 2.45) is 0 Å². The van der Waals surface area contributed by atoms with Crippen molar-refractivity contribution >= 4 is 5.97 Å². The van der Waals surface area contributed by atoms with Crippen LogP contribution in [0, 0.1) is 0 Å². The van der Waals surface area contributed by atoms with Crippen LogP contribution in [-0.4, -0.2) is 61.9 Å². The maximum Gasteiger partial charge on any atom is 0.326 e. The third-order valence-electron chi connectivity index (χ3n) is 4.39. The molecule has 1 saturated heterocycles. The Balaban J connectivity index is 2.33. The molecule has 124 valence electrons. The minimum Gasteiger partial charge on any atom is -0.465 e. The number of unbranched alkanes of at least 4 members (excludes halogenated alkanes) is 1. The number of rotatable bonds is 8. The van der Waals surface area contributed by atoms with Gasteiger partial charge < -0.3 is 14.8 Å². The highest BCUT2D eigenvalue weighted by Gasteiger charge is 2.32. The van der Waals surface area contributed by atoms with Gasteiger partial charge in [-0.2, -0.15) is 0 Å². The molecular weight excluding hydrogens is 268 g/mol. The molecule has 0 bridgehead atoms. The van der Waals surface area contributed by atoms with Crippen LogP contribution in [0.5, 0.6) is 0 Å². The number of likely N-dealkylation sites (N-methyl/N-ethyl adjacent to an activating group) is 1. The summed E-state index contributed by atoms with van der Waals surface area (Å²) in [4.78, 5) is 14.5. The lowest BCUT2D eigenvalue weighted by molar-refractivity contribution is -0.150. The Kier molecular flexibility index (Phi) is 7.63. The van der Waals surface area contributed by atoms with Gasteiger partial charge in [0, 0.05) is 12.6 Å². The largest absolute Gasteiger partial charge is 0.465 e. The quantitative estimate of drug-likeness (QED) is 0.547. The summed E-state index contributed by atoms with van der Waals surface area (Å²) in [6, 6.07) is 0.488. The van der Waals surface area contributed by atoms with Crippen molar-refractivity contribution in [3.8, 4) is 0 Å². The van der Waals surface area contributed by atoms with Gasteiger partial charge in [-0.05, 0) is 60.5 Å². The van der Waals surface area contributed by atoms with E-state index in [9.17, 15) is 4.79 Å². The van der Waals surface area contributed by atoms with Crippen LogP contribution in [0.4, 0.5) is 0 Å². The van der Waals surface area contributed by atoms with Gasteiger partial charge in [-0.15, -0.1) is 0 Å². The summed E-state index contributed by atoms with van der Waals surface area (Å²) in [5.41, 5.74) is -0.570. The van der Waals surface area contributed by atoms with Crippen LogP contribution in [0.15, 0.2) is 0 Å². The molecule has 0 spiro atoms. The van der Waals surface area contributed by atoms with Crippen LogP contribution in [0.25, 0.3) is 0 Å². The maximum atomic E-state index is 12.0. The molecular formula is C16H32N2O3. The van der Waals surface area contributed by atoms with Crippen molar-refractivity contribution in [3.63, 3.8) is 0 Å². The Morgan fingerprint density at radius 2 is 2.14 bits per heavy atom. The fourth-order valence-electron chi connectivity index (χ4n) is 2.70. The molecule has 0 aromatic rings. The van der Waals surface area contributed by atoms with E-state index in [2.05, 4.69) is 24.1 Å². The summed E-state index contributed by atoms with van der Waals surface area (Å²) >= 11 is 0. The highest BCUT2D eigenvalue weighted by molar-refractivity contribution is 5.80. The second kappa shape index (κ2) is 8.71. The van der Waals surface area contributed by atoms with Gasteiger partial charge in [0.1, 0.15) is 5.54 Å². The summed E-state index contributed by atoms with van der Waals surface area (Å²) in [5.74, 6) is -0.152. The van der Waals surface area contributed by atoms with Gasteiger partial charge in [-0.3, -0.25) is 9.69 Å². The standard InChI is InChI=1S/C16H32N2O3/c1-6-20-15(19)16(4,17-5)9-7-8-10-18-11-14(3)21-12-13(18)2/h13-14,17H,6-12H2,1-5H3. The van der Waals surface area contributed by atoms with E-state index in [1.54, 1.807) is 0 Å². The molecule has 5 nitrogen and oxygen atoms in total. The van der Waals surface area contributed by atoms with Crippen LogP contribution in [-0.2, 0) is 14.3 Å². The number of nitrogens with one attached hydrogen (secondary N) is 1. The van der Waals surface area contributed by atoms with E-state index in [1.807, 2.05) is 20.9 Å². The average molecular weight is 300 g/mol. The Hall–Kier alpha value is -0.650. The second-order valence-corrected chi connectivity index (χ2v) is 6.25. The fourth-order valence-corrected chi connectivity index (χ4v) is 2.70. The van der Waals surface area contributed by atoms with Crippen molar-refractivity contribution in [1.29, 1.82) is 0 Å². The molecule has 1 N–H and O–H groups in total. The first kappa shape index (κ1) is 18.4. The molecule has 1 rings (SSSR count). The molecule has 0 saturated carbocycles. The number of hydrogen-bond acceptors (Lipinski definition) is 5. The van der Waals surface area contributed by atoms with Crippen LogP contribution in [0.1, 0.15) is 47.0 Å². The van der Waals surface area contributed by atoms with Gasteiger partial charge in [0.25, 0.3) is 0 Å². The number of hydrogen-bond donors (Lipinski definition) is 1. The molecule has 0 aliphatic carbocycles. The third-order valence-corrected chi connectivity index (χ3v) is 4.39. The van der Waals surface area contributed by atoms with E-state index in [-0.39, 0.29) is 5.97 Å². The van der Waals surface area contributed by atoms with Crippen LogP contribution >= 0.6 is 0 Å². The minimum absolute atomic E-state index is 0.152. The van der Waals surface area contributed by atoms with E-state index in [0.717, 1.165) is 39.0 Å². The highest BCUT2D eigenvalue weighted by atomic mass is 16.5. The van der Waals surface area contributed by atoms with Crippen LogP contribution < -0.4 is 5.32 Å². The van der Waals surface area contributed by atoms with Gasteiger partial charge >= 0.3 is 5.97 Å². The third kappa shape index (κ3) is 5.57. The predicted molar refractivity (Wildman–Crippen MR) is 84.4 cm³/mol. The lowest BCUT2D eigenvalue weighted by Gasteiger charge is -2.37. The van der Waals surface area contributed by atoms with Crippen LogP contribution in [0.2, 0.25) is 0 Å². The molecule has 3 unspecified atom stereocenters. The number of carbonyl (C=O) groups is 1. The fraction of sp³-hybridized carbons (Fsp3) is 0.938. The van der Waals surface area contributed by atoms with Crippen LogP contribution in [0.3, 0.4) is 0 Å². The van der Waals surface area contributed by atoms with Crippen molar-refractivity contribution in [1.82, 2.24) is 10.2 Å². The average Bonchev–Trinajstić information content (AvgIpc) is 2.47. The van der Waals surface area contributed by atoms with Crippen molar-refractivity contribution in [2.45, 2.75) is 64.6 Å². The smallest absolute Gasteiger partial charge is 0.326 e. The SMILES string of the molecule is CCOC(=O)C(C)(CCCCN1CC(C)OCC1C)NC. The summed E-state index contributed by atoms with van der Waals surface area (Å²) < 4.78 is 10.8. The van der Waals surface area contributed by atoms with E-state index in [4.69, 9.17) is 9.47 Å². The number of nitrogens with zero attached hydrogens (tertiary/aromatic N) is 1. The molecule has 1 aliphatic rings. The second-order valence-electron chi connectivity index (χ2n) is 6.25. The Morgan fingerprint density at radius 1 is 1.43 bits per heavy atom. The van der Waals surface area contributed by atoms with Gasteiger partial charge in [-0.1, -0.05) is 0 Å². The van der Waals surface area contributed by atoms with Crippen molar-refractivity contribution in [3.05, 3.63) is 0 Å². The van der Waals surface area contributed by atoms with E-state index in [1.165, 1.54) is 0 Å². The monoisotopic (exact) mass is 300 g/mol. The zero-order chi connectivity index (χ0) is 15.9. The summed E-state index contributed by atoms with van der Waals surface area (Å²) in [7, 11) is 1.82. The number of ether oxygens (including phenoxy) is 2. The minimum atomic E-state index is -0.570. The molecule has 5 heteroatoms. The topological polar surface area (TPSA) is 50.8 Å². The first-order valence-corrected chi connectivity index (χ1v) is 8.14. The van der Waals surface area contributed by atoms with Gasteiger partial charge in [-0.25, -0.2) is 0 Å². The van der Waals surface area contributed by atoms with Crippen molar-refractivity contribution in [2.75, 3.05) is 33.4 Å². The molecule has 21 heavy (non-hydrogen) atoms. The Morgan fingerprint density at radius 3 is 2.76 bits per heavy atom. The summed E-state index contributed by atoms with van der Waals surface area (Å²) in [5, 5.41) is 3.11. The van der Waals surface area contributed by atoms with E-state index < -0.39 is 5.54 Å². The zero-order valence-corrected chi connectivity index (χ0v) is 14.3. The van der Waals surface area contributed by atoms with Gasteiger partial charge in [0.2, 0.25) is 0 Å². The van der Waals surface area contributed by atoms with Crippen molar-refractivity contribution < 1.29 is 14.3 Å². The normalized spacial score (nSPS) is 26.3. The lowest BCUT2D eigenvalue weighted by Crippen LogP contribution is -2.49. The molecule has 3 atom stereocenters. The maximum absolute atomic E-state index is 12.0. The number of carbonyl (C=O) groups excluding carboxylic acids is 1. The Bertz CT molecular complexity index is 325. The number of morpholine rings is 1. The number of esters is 1. The molecule has 1 heterocycles. The summed E-state index contributed by atoms with van der Waals surface area (Å²) in [6.45, 7) is 11.4. The molecule has 0 radical (unpaired) electrons. The summed E-state index contributed by atoms with van der Waals surface area (Å²) in [6.07, 6.45) is 3.22. The molecule has 1 aliphatic heterocycles. The first-order valence-electron chi connectivity index (χ1n) is 8.14. The van der Waals surface area contributed by atoms with E-state index in [0.29, 0.717) is 18.8 Å². The van der Waals surface area contributed by atoms with Gasteiger partial charge in [0.15, 0.2) is 0 Å². The zero-order valence-electron chi connectivity index (χ0n) is 14.3. The van der Waals surface area contributed by atoms with Gasteiger partial charge in [0.05, 0.1) is 19.3 Å². The molecule has 0 aromatic carbocycles.